The molecule has 1 nitrogen and oxygen atoms in total. The van der Waals surface area contributed by atoms with Crippen molar-refractivity contribution in [1.29, 1.82) is 0 Å². The Hall–Kier alpha value is -0.770. The van der Waals surface area contributed by atoms with Crippen molar-refractivity contribution >= 4 is 17.6 Å². The first-order valence-corrected chi connectivity index (χ1v) is 4.84. The molecule has 0 amide bonds. The molecule has 0 saturated heterocycles. The number of hydrogen-bond acceptors (Lipinski definition) is 2. The minimum absolute atomic E-state index is 0.132. The highest BCUT2D eigenvalue weighted by molar-refractivity contribution is 7.10. The summed E-state index contributed by atoms with van der Waals surface area (Å²) in [5.41, 5.74) is -0.764. The quantitative estimate of drug-likeness (QED) is 0.611. The van der Waals surface area contributed by atoms with Gasteiger partial charge in [-0.3, -0.25) is 4.99 Å². The summed E-state index contributed by atoms with van der Waals surface area (Å²) in [5.74, 6) is -2.84. The highest BCUT2D eigenvalue weighted by Gasteiger charge is 2.51. The topological polar surface area (TPSA) is 12.4 Å². The van der Waals surface area contributed by atoms with Crippen LogP contribution in [0.2, 0.25) is 0 Å². The lowest BCUT2D eigenvalue weighted by molar-refractivity contribution is -0.0643. The monoisotopic (exact) mass is 201 g/mol. The van der Waals surface area contributed by atoms with Crippen molar-refractivity contribution in [2.45, 2.75) is 25.3 Å². The van der Waals surface area contributed by atoms with Crippen LogP contribution in [0.15, 0.2) is 16.4 Å². The van der Waals surface area contributed by atoms with E-state index in [2.05, 4.69) is 4.99 Å². The zero-order chi connectivity index (χ0) is 9.69. The largest absolute Gasteiger partial charge is 0.306 e. The van der Waals surface area contributed by atoms with Gasteiger partial charge in [0.15, 0.2) is 0 Å². The van der Waals surface area contributed by atoms with Crippen molar-refractivity contribution in [3.05, 3.63) is 21.9 Å². The van der Waals surface area contributed by atoms with Gasteiger partial charge in [-0.15, -0.1) is 11.3 Å². The summed E-state index contributed by atoms with van der Waals surface area (Å²) in [5, 5.41) is 1.67. The van der Waals surface area contributed by atoms with E-state index in [1.165, 1.54) is 20.1 Å². The summed E-state index contributed by atoms with van der Waals surface area (Å²) in [7, 11) is 0. The third-order valence-corrected chi connectivity index (χ3v) is 3.28. The molecule has 0 N–H and O–H groups in total. The van der Waals surface area contributed by atoms with E-state index < -0.39 is 11.5 Å². The number of nitrogens with zero attached hydrogens (tertiary/aromatic N) is 1. The van der Waals surface area contributed by atoms with Crippen molar-refractivity contribution < 1.29 is 8.78 Å². The second kappa shape index (κ2) is 2.38. The summed E-state index contributed by atoms with van der Waals surface area (Å²) in [6.45, 7) is 2.90. The van der Waals surface area contributed by atoms with Gasteiger partial charge in [-0.2, -0.15) is 8.78 Å². The lowest BCUT2D eigenvalue weighted by atomic mass is 9.91. The molecule has 2 heterocycles. The molecule has 0 aromatic carbocycles. The first-order chi connectivity index (χ1) is 5.95. The maximum absolute atomic E-state index is 13.7. The molecular weight excluding hydrogens is 192 g/mol. The summed E-state index contributed by atoms with van der Waals surface area (Å²) in [6, 6.07) is 1.67. The minimum atomic E-state index is -2.84. The van der Waals surface area contributed by atoms with Crippen LogP contribution in [-0.4, -0.2) is 11.8 Å². The number of thiophene rings is 1. The molecule has 2 rings (SSSR count). The van der Waals surface area contributed by atoms with Gasteiger partial charge in [-0.1, -0.05) is 0 Å². The first-order valence-electron chi connectivity index (χ1n) is 3.96. The Labute approximate surface area is 79.1 Å². The van der Waals surface area contributed by atoms with Crippen molar-refractivity contribution in [2.24, 2.45) is 4.99 Å². The molecule has 1 aromatic rings. The van der Waals surface area contributed by atoms with Crippen molar-refractivity contribution in [1.82, 2.24) is 0 Å². The zero-order valence-corrected chi connectivity index (χ0v) is 8.16. The molecule has 0 aliphatic carbocycles. The van der Waals surface area contributed by atoms with Gasteiger partial charge >= 0.3 is 5.92 Å². The van der Waals surface area contributed by atoms with Crippen molar-refractivity contribution in [3.63, 3.8) is 0 Å². The van der Waals surface area contributed by atoms with E-state index in [1.54, 1.807) is 11.4 Å². The molecule has 0 spiro atoms. The summed E-state index contributed by atoms with van der Waals surface area (Å²) < 4.78 is 27.4. The van der Waals surface area contributed by atoms with Crippen molar-refractivity contribution in [3.8, 4) is 0 Å². The number of rotatable bonds is 0. The van der Waals surface area contributed by atoms with Crippen LogP contribution in [-0.2, 0) is 5.92 Å². The molecule has 0 unspecified atom stereocenters. The number of hydrogen-bond donors (Lipinski definition) is 0. The fourth-order valence-corrected chi connectivity index (χ4v) is 2.27. The highest BCUT2D eigenvalue weighted by atomic mass is 32.1. The second-order valence-corrected chi connectivity index (χ2v) is 4.51. The molecule has 1 aromatic heterocycles. The minimum Gasteiger partial charge on any atom is -0.280 e. The molecule has 0 fully saturated rings. The highest BCUT2D eigenvalue weighted by Crippen LogP contribution is 2.46. The Kier molecular flexibility index (Phi) is 1.61. The average Bonchev–Trinajstić information content (AvgIpc) is 2.46. The van der Waals surface area contributed by atoms with E-state index in [9.17, 15) is 8.78 Å². The first kappa shape index (κ1) is 8.81. The van der Waals surface area contributed by atoms with Crippen LogP contribution in [0.5, 0.6) is 0 Å². The summed E-state index contributed by atoms with van der Waals surface area (Å²) in [6.07, 6.45) is 1.53. The van der Waals surface area contributed by atoms with Gasteiger partial charge in [-0.05, 0) is 25.3 Å². The molecule has 70 valence electrons. The standard InChI is InChI=1S/C9H9F2NS/c1-8(2)9(10,11)7-6(5-12-8)3-4-13-7/h3-5H,1-2H3. The van der Waals surface area contributed by atoms with E-state index in [4.69, 9.17) is 0 Å². The molecular formula is C9H9F2NS. The van der Waals surface area contributed by atoms with Crippen LogP contribution in [0.1, 0.15) is 24.3 Å². The fourth-order valence-electron chi connectivity index (χ4n) is 1.27. The van der Waals surface area contributed by atoms with Crippen molar-refractivity contribution in [2.75, 3.05) is 0 Å². The Morgan fingerprint density at radius 3 is 2.77 bits per heavy atom. The van der Waals surface area contributed by atoms with Gasteiger partial charge in [0, 0.05) is 11.8 Å². The maximum atomic E-state index is 13.7. The van der Waals surface area contributed by atoms with E-state index in [-0.39, 0.29) is 4.88 Å². The Morgan fingerprint density at radius 1 is 1.38 bits per heavy atom. The van der Waals surface area contributed by atoms with Crippen LogP contribution >= 0.6 is 11.3 Å². The number of aliphatic imine (C=N–C) groups is 1. The Bertz CT molecular complexity index is 365. The van der Waals surface area contributed by atoms with E-state index in [1.807, 2.05) is 0 Å². The third kappa shape index (κ3) is 1.05. The lowest BCUT2D eigenvalue weighted by Crippen LogP contribution is -2.41. The molecule has 1 aliphatic heterocycles. The van der Waals surface area contributed by atoms with Gasteiger partial charge < -0.3 is 0 Å². The molecule has 0 radical (unpaired) electrons. The number of fused-ring (bicyclic) bond motifs is 1. The summed E-state index contributed by atoms with van der Waals surface area (Å²) >= 11 is 1.09. The normalized spacial score (nSPS) is 22.8. The SMILES string of the molecule is CC1(C)N=Cc2ccsc2C1(F)F. The molecule has 4 heteroatoms. The van der Waals surface area contributed by atoms with Gasteiger partial charge in [0.1, 0.15) is 5.54 Å². The fraction of sp³-hybridized carbons (Fsp3) is 0.444. The van der Waals surface area contributed by atoms with E-state index in [0.29, 0.717) is 5.56 Å². The Balaban J connectivity index is 2.63. The predicted molar refractivity (Wildman–Crippen MR) is 49.9 cm³/mol. The van der Waals surface area contributed by atoms with E-state index in [0.717, 1.165) is 11.3 Å². The van der Waals surface area contributed by atoms with Crippen LogP contribution in [0, 0.1) is 0 Å². The molecule has 13 heavy (non-hydrogen) atoms. The average molecular weight is 201 g/mol. The van der Waals surface area contributed by atoms with Gasteiger partial charge in [0.25, 0.3) is 0 Å². The summed E-state index contributed by atoms with van der Waals surface area (Å²) in [4.78, 5) is 3.99. The molecule has 1 aliphatic rings. The molecule has 0 bridgehead atoms. The van der Waals surface area contributed by atoms with Gasteiger partial charge in [0.2, 0.25) is 0 Å². The molecule has 0 saturated carbocycles. The van der Waals surface area contributed by atoms with Gasteiger partial charge in [0.05, 0.1) is 4.88 Å². The Morgan fingerprint density at radius 2 is 2.08 bits per heavy atom. The van der Waals surface area contributed by atoms with E-state index >= 15 is 0 Å². The predicted octanol–water partition coefficient (Wildman–Crippen LogP) is 3.05. The lowest BCUT2D eigenvalue weighted by Gasteiger charge is -2.32. The smallest absolute Gasteiger partial charge is 0.280 e. The second-order valence-electron chi connectivity index (χ2n) is 3.60. The van der Waals surface area contributed by atoms with Crippen LogP contribution in [0.3, 0.4) is 0 Å². The van der Waals surface area contributed by atoms with Crippen LogP contribution in [0.4, 0.5) is 8.78 Å². The number of halogens is 2. The third-order valence-electron chi connectivity index (χ3n) is 2.28. The maximum Gasteiger partial charge on any atom is 0.306 e. The zero-order valence-electron chi connectivity index (χ0n) is 7.34. The molecule has 0 atom stereocenters. The van der Waals surface area contributed by atoms with Gasteiger partial charge in [-0.25, -0.2) is 0 Å². The van der Waals surface area contributed by atoms with Crippen LogP contribution in [0.25, 0.3) is 0 Å². The van der Waals surface area contributed by atoms with Crippen LogP contribution < -0.4 is 0 Å². The number of alkyl halides is 2.